The van der Waals surface area contributed by atoms with Gasteiger partial charge >= 0.3 is 0 Å². The van der Waals surface area contributed by atoms with Gasteiger partial charge in [-0.2, -0.15) is 0 Å². The molecule has 1 saturated heterocycles. The molecule has 1 atom stereocenters. The summed E-state index contributed by atoms with van der Waals surface area (Å²) in [6.45, 7) is 2.63. The second-order valence-corrected chi connectivity index (χ2v) is 6.15. The summed E-state index contributed by atoms with van der Waals surface area (Å²) in [5, 5.41) is 2.84. The minimum absolute atomic E-state index is 0.0514. The van der Waals surface area contributed by atoms with Gasteiger partial charge < -0.3 is 16.0 Å². The summed E-state index contributed by atoms with van der Waals surface area (Å²) in [5.74, 6) is -0.201. The zero-order valence-corrected chi connectivity index (χ0v) is 13.7. The Morgan fingerprint density at radius 1 is 1.17 bits per heavy atom. The fourth-order valence-corrected chi connectivity index (χ4v) is 2.86. The minimum atomic E-state index is -0.451. The van der Waals surface area contributed by atoms with Crippen LogP contribution in [0.1, 0.15) is 17.5 Å². The van der Waals surface area contributed by atoms with Crippen LogP contribution in [0.4, 0.5) is 11.4 Å². The molecule has 2 aromatic carbocycles. The summed E-state index contributed by atoms with van der Waals surface area (Å²) >= 11 is 0. The highest BCUT2D eigenvalue weighted by molar-refractivity contribution is 6.01. The van der Waals surface area contributed by atoms with E-state index in [1.165, 1.54) is 0 Å². The monoisotopic (exact) mass is 323 g/mol. The van der Waals surface area contributed by atoms with Crippen molar-refractivity contribution in [3.05, 3.63) is 59.7 Å². The van der Waals surface area contributed by atoms with Crippen LogP contribution >= 0.6 is 0 Å². The maximum Gasteiger partial charge on any atom is 0.249 e. The van der Waals surface area contributed by atoms with E-state index in [4.69, 9.17) is 5.73 Å². The number of hydrogen-bond acceptors (Lipinski definition) is 3. The zero-order valence-electron chi connectivity index (χ0n) is 13.7. The van der Waals surface area contributed by atoms with Crippen LogP contribution in [0.15, 0.2) is 48.5 Å². The average molecular weight is 323 g/mol. The van der Waals surface area contributed by atoms with Crippen molar-refractivity contribution in [1.82, 2.24) is 5.32 Å². The zero-order chi connectivity index (χ0) is 17.1. The number of aryl methyl sites for hydroxylation is 1. The standard InChI is InChI=1S/C19H21N3O2/c1-13-2-8-16(9-3-13)22-11-10-17(19(22)24)21-18(23)12-14-4-6-15(20)7-5-14/h2-9,17H,10-12,20H2,1H3,(H,21,23). The summed E-state index contributed by atoms with van der Waals surface area (Å²) < 4.78 is 0. The lowest BCUT2D eigenvalue weighted by molar-refractivity contribution is -0.126. The molecule has 24 heavy (non-hydrogen) atoms. The normalized spacial score (nSPS) is 17.1. The average Bonchev–Trinajstić information content (AvgIpc) is 2.91. The van der Waals surface area contributed by atoms with Crippen molar-refractivity contribution in [2.24, 2.45) is 0 Å². The molecular formula is C19H21N3O2. The highest BCUT2D eigenvalue weighted by atomic mass is 16.2. The Morgan fingerprint density at radius 3 is 2.50 bits per heavy atom. The SMILES string of the molecule is Cc1ccc(N2CCC(NC(=O)Cc3ccc(N)cc3)C2=O)cc1. The van der Waals surface area contributed by atoms with Gasteiger partial charge in [0, 0.05) is 17.9 Å². The molecule has 1 aliphatic heterocycles. The maximum atomic E-state index is 12.5. The third kappa shape index (κ3) is 3.56. The molecule has 1 heterocycles. The second-order valence-electron chi connectivity index (χ2n) is 6.15. The van der Waals surface area contributed by atoms with Gasteiger partial charge in [0.25, 0.3) is 0 Å². The Morgan fingerprint density at radius 2 is 1.83 bits per heavy atom. The van der Waals surface area contributed by atoms with Crippen LogP contribution in [0.2, 0.25) is 0 Å². The summed E-state index contributed by atoms with van der Waals surface area (Å²) in [4.78, 5) is 26.4. The number of nitrogen functional groups attached to an aromatic ring is 1. The molecule has 0 aliphatic carbocycles. The molecule has 3 N–H and O–H groups in total. The van der Waals surface area contributed by atoms with Crippen LogP contribution in [0.3, 0.4) is 0 Å². The molecule has 0 aromatic heterocycles. The van der Waals surface area contributed by atoms with Crippen molar-refractivity contribution in [3.63, 3.8) is 0 Å². The lowest BCUT2D eigenvalue weighted by Gasteiger charge is -2.17. The molecule has 2 amide bonds. The lowest BCUT2D eigenvalue weighted by Crippen LogP contribution is -2.42. The van der Waals surface area contributed by atoms with Gasteiger partial charge in [0.2, 0.25) is 11.8 Å². The number of benzene rings is 2. The van der Waals surface area contributed by atoms with Crippen molar-refractivity contribution >= 4 is 23.2 Å². The summed E-state index contributed by atoms with van der Waals surface area (Å²) in [6, 6.07) is 14.6. The number of carbonyl (C=O) groups excluding carboxylic acids is 2. The molecule has 5 nitrogen and oxygen atoms in total. The molecule has 1 unspecified atom stereocenters. The Balaban J connectivity index is 1.60. The van der Waals surface area contributed by atoms with E-state index in [0.717, 1.165) is 16.8 Å². The number of nitrogens with zero attached hydrogens (tertiary/aromatic N) is 1. The Hall–Kier alpha value is -2.82. The first kappa shape index (κ1) is 16.1. The fourth-order valence-electron chi connectivity index (χ4n) is 2.86. The van der Waals surface area contributed by atoms with Gasteiger partial charge in [-0.05, 0) is 43.2 Å². The number of carbonyl (C=O) groups is 2. The van der Waals surface area contributed by atoms with Crippen molar-refractivity contribution in [2.45, 2.75) is 25.8 Å². The fraction of sp³-hybridized carbons (Fsp3) is 0.263. The first-order valence-electron chi connectivity index (χ1n) is 8.05. The molecular weight excluding hydrogens is 302 g/mol. The lowest BCUT2D eigenvalue weighted by atomic mass is 10.1. The van der Waals surface area contributed by atoms with E-state index in [0.29, 0.717) is 18.7 Å². The smallest absolute Gasteiger partial charge is 0.249 e. The number of rotatable bonds is 4. The molecule has 124 valence electrons. The molecule has 0 spiro atoms. The molecule has 0 saturated carbocycles. The maximum absolute atomic E-state index is 12.5. The van der Waals surface area contributed by atoms with E-state index in [9.17, 15) is 9.59 Å². The van der Waals surface area contributed by atoms with Crippen LogP contribution < -0.4 is 16.0 Å². The van der Waals surface area contributed by atoms with Crippen molar-refractivity contribution in [1.29, 1.82) is 0 Å². The summed E-state index contributed by atoms with van der Waals surface area (Å²) in [6.07, 6.45) is 0.870. The number of hydrogen-bond donors (Lipinski definition) is 2. The minimum Gasteiger partial charge on any atom is -0.399 e. The van der Waals surface area contributed by atoms with Crippen molar-refractivity contribution in [3.8, 4) is 0 Å². The summed E-state index contributed by atoms with van der Waals surface area (Å²) in [7, 11) is 0. The first-order valence-corrected chi connectivity index (χ1v) is 8.05. The number of anilines is 2. The van der Waals surface area contributed by atoms with Crippen LogP contribution in [0.25, 0.3) is 0 Å². The van der Waals surface area contributed by atoms with Gasteiger partial charge in [-0.1, -0.05) is 29.8 Å². The van der Waals surface area contributed by atoms with Gasteiger partial charge in [-0.25, -0.2) is 0 Å². The quantitative estimate of drug-likeness (QED) is 0.846. The molecule has 2 aromatic rings. The topological polar surface area (TPSA) is 75.4 Å². The van der Waals surface area contributed by atoms with Gasteiger partial charge in [0.15, 0.2) is 0 Å². The molecule has 5 heteroatoms. The van der Waals surface area contributed by atoms with Gasteiger partial charge in [0.05, 0.1) is 6.42 Å². The highest BCUT2D eigenvalue weighted by Crippen LogP contribution is 2.22. The Bertz CT molecular complexity index is 738. The van der Waals surface area contributed by atoms with Crippen molar-refractivity contribution < 1.29 is 9.59 Å². The third-order valence-electron chi connectivity index (χ3n) is 4.23. The van der Waals surface area contributed by atoms with Crippen molar-refractivity contribution in [2.75, 3.05) is 17.2 Å². The van der Waals surface area contributed by atoms with E-state index < -0.39 is 6.04 Å². The summed E-state index contributed by atoms with van der Waals surface area (Å²) in [5.41, 5.74) is 9.21. The Labute approximate surface area is 141 Å². The van der Waals surface area contributed by atoms with E-state index in [1.807, 2.05) is 43.3 Å². The second kappa shape index (κ2) is 6.74. The van der Waals surface area contributed by atoms with E-state index >= 15 is 0 Å². The predicted octanol–water partition coefficient (Wildman–Crippen LogP) is 2.04. The van der Waals surface area contributed by atoms with Crippen LogP contribution in [-0.4, -0.2) is 24.4 Å². The van der Waals surface area contributed by atoms with Gasteiger partial charge in [-0.3, -0.25) is 9.59 Å². The van der Waals surface area contributed by atoms with Crippen LogP contribution in [0.5, 0.6) is 0 Å². The first-order chi connectivity index (χ1) is 11.5. The molecule has 0 radical (unpaired) electrons. The number of nitrogens with two attached hydrogens (primary N) is 1. The number of amides is 2. The van der Waals surface area contributed by atoms with E-state index in [1.54, 1.807) is 17.0 Å². The van der Waals surface area contributed by atoms with Gasteiger partial charge in [0.1, 0.15) is 6.04 Å². The van der Waals surface area contributed by atoms with Gasteiger partial charge in [-0.15, -0.1) is 0 Å². The Kier molecular flexibility index (Phi) is 4.51. The third-order valence-corrected chi connectivity index (χ3v) is 4.23. The molecule has 1 fully saturated rings. The van der Waals surface area contributed by atoms with E-state index in [-0.39, 0.29) is 18.2 Å². The highest BCUT2D eigenvalue weighted by Gasteiger charge is 2.33. The molecule has 1 aliphatic rings. The van der Waals surface area contributed by atoms with E-state index in [2.05, 4.69) is 5.32 Å². The largest absolute Gasteiger partial charge is 0.399 e. The van der Waals surface area contributed by atoms with Crippen LogP contribution in [-0.2, 0) is 16.0 Å². The van der Waals surface area contributed by atoms with Crippen LogP contribution in [0, 0.1) is 6.92 Å². The number of nitrogens with one attached hydrogen (secondary N) is 1. The molecule has 0 bridgehead atoms. The predicted molar refractivity (Wildman–Crippen MR) is 94.6 cm³/mol. The molecule has 3 rings (SSSR count).